The third kappa shape index (κ3) is 3.22. The van der Waals surface area contributed by atoms with Crippen molar-refractivity contribution in [3.63, 3.8) is 0 Å². The molecule has 6 nitrogen and oxygen atoms in total. The molecule has 3 rings (SSSR count). The van der Waals surface area contributed by atoms with Gasteiger partial charge in [0.15, 0.2) is 5.03 Å². The highest BCUT2D eigenvalue weighted by Gasteiger charge is 2.23. The summed E-state index contributed by atoms with van der Waals surface area (Å²) in [5.74, 6) is -0.151. The lowest BCUT2D eigenvalue weighted by molar-refractivity contribution is 0.0734. The number of fused-ring (bicyclic) bond motifs is 1. The van der Waals surface area contributed by atoms with Gasteiger partial charge in [-0.15, -0.1) is 0 Å². The van der Waals surface area contributed by atoms with Gasteiger partial charge in [-0.05, 0) is 42.8 Å². The van der Waals surface area contributed by atoms with Crippen LogP contribution < -0.4 is 4.72 Å². The molecule has 1 aromatic carbocycles. The average Bonchev–Trinajstić information content (AvgIpc) is 2.61. The number of aromatic nitrogens is 1. The largest absolute Gasteiger partial charge is 0.334 e. The van der Waals surface area contributed by atoms with Gasteiger partial charge in [0, 0.05) is 23.8 Å². The van der Waals surface area contributed by atoms with Crippen molar-refractivity contribution in [2.24, 2.45) is 0 Å². The lowest BCUT2D eigenvalue weighted by atomic mass is 9.99. The van der Waals surface area contributed by atoms with Gasteiger partial charge < -0.3 is 4.90 Å². The molecule has 1 aromatic heterocycles. The summed E-state index contributed by atoms with van der Waals surface area (Å²) in [5, 5.41) is -0.102. The molecule has 0 spiro atoms. The van der Waals surface area contributed by atoms with E-state index in [9.17, 15) is 13.2 Å². The first-order chi connectivity index (χ1) is 11.4. The fourth-order valence-corrected chi connectivity index (χ4v) is 3.94. The zero-order valence-corrected chi connectivity index (χ0v) is 15.4. The number of hydrogen-bond donors (Lipinski definition) is 1. The number of nitrogens with one attached hydrogen (secondary N) is 1. The van der Waals surface area contributed by atoms with Crippen molar-refractivity contribution in [1.82, 2.24) is 14.6 Å². The SMILES string of the molecule is CNS(=O)(=O)c1ccc(C(=O)N2CCc3c(Br)cccc3C2)cn1. The molecule has 24 heavy (non-hydrogen) atoms. The zero-order chi connectivity index (χ0) is 17.3. The second-order valence-electron chi connectivity index (χ2n) is 5.45. The van der Waals surface area contributed by atoms with Gasteiger partial charge in [-0.2, -0.15) is 0 Å². The Morgan fingerprint density at radius 3 is 2.75 bits per heavy atom. The molecule has 126 valence electrons. The van der Waals surface area contributed by atoms with Gasteiger partial charge in [0.1, 0.15) is 0 Å². The van der Waals surface area contributed by atoms with Crippen LogP contribution in [-0.4, -0.2) is 37.8 Å². The minimum Gasteiger partial charge on any atom is -0.334 e. The summed E-state index contributed by atoms with van der Waals surface area (Å²) < 4.78 is 26.6. The van der Waals surface area contributed by atoms with Crippen LogP contribution in [0, 0.1) is 0 Å². The monoisotopic (exact) mass is 409 g/mol. The van der Waals surface area contributed by atoms with Crippen molar-refractivity contribution >= 4 is 31.9 Å². The average molecular weight is 410 g/mol. The first kappa shape index (κ1) is 17.1. The molecule has 1 aliphatic heterocycles. The number of benzene rings is 1. The standard InChI is InChI=1S/C16H16BrN3O3S/c1-18-24(22,23)15-6-5-11(9-19-15)16(21)20-8-7-13-12(10-20)3-2-4-14(13)17/h2-6,9,18H,7-8,10H2,1H3. The van der Waals surface area contributed by atoms with E-state index in [1.165, 1.54) is 30.9 Å². The Hall–Kier alpha value is -1.77. The minimum atomic E-state index is -3.60. The molecule has 8 heteroatoms. The lowest BCUT2D eigenvalue weighted by Gasteiger charge is -2.29. The normalized spacial score (nSPS) is 14.3. The van der Waals surface area contributed by atoms with E-state index in [0.717, 1.165) is 16.5 Å². The van der Waals surface area contributed by atoms with Gasteiger partial charge >= 0.3 is 0 Å². The number of rotatable bonds is 3. The van der Waals surface area contributed by atoms with Gasteiger partial charge in [-0.1, -0.05) is 28.1 Å². The molecule has 1 N–H and O–H groups in total. The number of halogens is 1. The first-order valence-corrected chi connectivity index (χ1v) is 9.65. The Balaban J connectivity index is 1.81. The molecular formula is C16H16BrN3O3S. The molecule has 2 aromatic rings. The van der Waals surface area contributed by atoms with Gasteiger partial charge in [0.05, 0.1) is 5.56 Å². The summed E-state index contributed by atoms with van der Waals surface area (Å²) in [6.07, 6.45) is 2.09. The highest BCUT2D eigenvalue weighted by atomic mass is 79.9. The molecule has 0 fully saturated rings. The predicted octanol–water partition coefficient (Wildman–Crippen LogP) is 1.95. The summed E-state index contributed by atoms with van der Waals surface area (Å²) >= 11 is 3.54. The van der Waals surface area contributed by atoms with E-state index in [0.29, 0.717) is 18.7 Å². The number of nitrogens with zero attached hydrogens (tertiary/aromatic N) is 2. The Morgan fingerprint density at radius 1 is 1.29 bits per heavy atom. The molecule has 1 aliphatic rings. The Labute approximate surface area is 149 Å². The predicted molar refractivity (Wildman–Crippen MR) is 93.1 cm³/mol. The number of pyridine rings is 1. The summed E-state index contributed by atoms with van der Waals surface area (Å²) in [6.45, 7) is 1.15. The number of sulfonamides is 1. The molecule has 0 unspecified atom stereocenters. The quantitative estimate of drug-likeness (QED) is 0.839. The molecule has 2 heterocycles. The molecule has 0 saturated heterocycles. The molecule has 0 bridgehead atoms. The van der Waals surface area contributed by atoms with Crippen LogP contribution in [0.4, 0.5) is 0 Å². The maximum Gasteiger partial charge on any atom is 0.257 e. The van der Waals surface area contributed by atoms with Crippen LogP contribution in [0.25, 0.3) is 0 Å². The minimum absolute atomic E-state index is 0.102. The van der Waals surface area contributed by atoms with E-state index in [4.69, 9.17) is 0 Å². The van der Waals surface area contributed by atoms with Crippen molar-refractivity contribution in [2.75, 3.05) is 13.6 Å². The van der Waals surface area contributed by atoms with Crippen molar-refractivity contribution < 1.29 is 13.2 Å². The van der Waals surface area contributed by atoms with Crippen LogP contribution in [0.2, 0.25) is 0 Å². The summed E-state index contributed by atoms with van der Waals surface area (Å²) in [7, 11) is -2.28. The molecular weight excluding hydrogens is 394 g/mol. The van der Waals surface area contributed by atoms with Crippen LogP contribution in [0.1, 0.15) is 21.5 Å². The Bertz CT molecular complexity index is 882. The van der Waals surface area contributed by atoms with Crippen molar-refractivity contribution in [1.29, 1.82) is 0 Å². The van der Waals surface area contributed by atoms with Crippen LogP contribution in [-0.2, 0) is 23.0 Å². The summed E-state index contributed by atoms with van der Waals surface area (Å²) in [4.78, 5) is 18.3. The second-order valence-corrected chi connectivity index (χ2v) is 8.13. The Kier molecular flexibility index (Phi) is 4.71. The Morgan fingerprint density at radius 2 is 2.08 bits per heavy atom. The van der Waals surface area contributed by atoms with Crippen molar-refractivity contribution in [2.45, 2.75) is 18.0 Å². The van der Waals surface area contributed by atoms with Gasteiger partial charge in [0.25, 0.3) is 15.9 Å². The highest BCUT2D eigenvalue weighted by Crippen LogP contribution is 2.27. The number of carbonyl (C=O) groups excluding carboxylic acids is 1. The molecule has 0 aliphatic carbocycles. The van der Waals surface area contributed by atoms with Gasteiger partial charge in [-0.25, -0.2) is 18.1 Å². The van der Waals surface area contributed by atoms with E-state index in [-0.39, 0.29) is 10.9 Å². The highest BCUT2D eigenvalue weighted by molar-refractivity contribution is 9.10. The first-order valence-electron chi connectivity index (χ1n) is 7.37. The maximum atomic E-state index is 12.6. The smallest absolute Gasteiger partial charge is 0.257 e. The molecule has 1 amide bonds. The number of amides is 1. The molecule has 0 radical (unpaired) electrons. The van der Waals surface area contributed by atoms with Crippen molar-refractivity contribution in [3.8, 4) is 0 Å². The van der Waals surface area contributed by atoms with Crippen LogP contribution in [0.3, 0.4) is 0 Å². The van der Waals surface area contributed by atoms with Crippen molar-refractivity contribution in [3.05, 3.63) is 57.7 Å². The summed E-state index contributed by atoms with van der Waals surface area (Å²) in [6, 6.07) is 8.81. The number of carbonyl (C=O) groups is 1. The second kappa shape index (κ2) is 6.62. The van der Waals surface area contributed by atoms with Crippen LogP contribution >= 0.6 is 15.9 Å². The third-order valence-electron chi connectivity index (χ3n) is 4.02. The molecule has 0 saturated carbocycles. The van der Waals surface area contributed by atoms with E-state index < -0.39 is 10.0 Å². The van der Waals surface area contributed by atoms with E-state index in [1.807, 2.05) is 18.2 Å². The third-order valence-corrected chi connectivity index (χ3v) is 6.10. The fraction of sp³-hybridized carbons (Fsp3) is 0.250. The zero-order valence-electron chi connectivity index (χ0n) is 13.0. The van der Waals surface area contributed by atoms with E-state index in [2.05, 4.69) is 25.6 Å². The molecule has 0 atom stereocenters. The number of hydrogen-bond acceptors (Lipinski definition) is 4. The topological polar surface area (TPSA) is 79.4 Å². The van der Waals surface area contributed by atoms with E-state index >= 15 is 0 Å². The van der Waals surface area contributed by atoms with Crippen LogP contribution in [0.5, 0.6) is 0 Å². The maximum absolute atomic E-state index is 12.6. The fourth-order valence-electron chi connectivity index (χ4n) is 2.69. The van der Waals surface area contributed by atoms with Gasteiger partial charge in [-0.3, -0.25) is 4.79 Å². The van der Waals surface area contributed by atoms with E-state index in [1.54, 1.807) is 4.90 Å². The van der Waals surface area contributed by atoms with Gasteiger partial charge in [0.2, 0.25) is 0 Å². The van der Waals surface area contributed by atoms with Crippen LogP contribution in [0.15, 0.2) is 46.0 Å². The lowest BCUT2D eigenvalue weighted by Crippen LogP contribution is -2.36. The summed E-state index contributed by atoms with van der Waals surface area (Å²) in [5.41, 5.74) is 2.73.